The van der Waals surface area contributed by atoms with Gasteiger partial charge in [0, 0.05) is 18.0 Å². The summed E-state index contributed by atoms with van der Waals surface area (Å²) >= 11 is 0. The van der Waals surface area contributed by atoms with Crippen molar-refractivity contribution in [3.63, 3.8) is 0 Å². The molecule has 34 heavy (non-hydrogen) atoms. The maximum Gasteiger partial charge on any atom is 0.407 e. The van der Waals surface area contributed by atoms with Crippen molar-refractivity contribution < 1.29 is 24.2 Å². The topological polar surface area (TPSA) is 105 Å². The zero-order valence-corrected chi connectivity index (χ0v) is 19.6. The van der Waals surface area contributed by atoms with E-state index in [0.717, 1.165) is 30.4 Å². The van der Waals surface area contributed by atoms with Gasteiger partial charge < -0.3 is 20.5 Å². The molecule has 1 fully saturated rings. The summed E-state index contributed by atoms with van der Waals surface area (Å²) in [5.74, 6) is -1.58. The summed E-state index contributed by atoms with van der Waals surface area (Å²) in [6.07, 6.45) is 2.00. The third-order valence-corrected chi connectivity index (χ3v) is 7.28. The van der Waals surface area contributed by atoms with E-state index in [1.54, 1.807) is 13.8 Å². The van der Waals surface area contributed by atoms with E-state index in [-0.39, 0.29) is 36.8 Å². The molecule has 2 aromatic rings. The van der Waals surface area contributed by atoms with Crippen LogP contribution in [0, 0.1) is 11.8 Å². The van der Waals surface area contributed by atoms with Crippen LogP contribution in [0.2, 0.25) is 0 Å². The van der Waals surface area contributed by atoms with Crippen molar-refractivity contribution in [1.29, 1.82) is 0 Å². The lowest BCUT2D eigenvalue weighted by Gasteiger charge is -2.25. The number of carboxylic acids is 1. The highest BCUT2D eigenvalue weighted by molar-refractivity contribution is 5.81. The normalized spacial score (nSPS) is 20.6. The Bertz CT molecular complexity index is 1020. The molecule has 0 saturated heterocycles. The van der Waals surface area contributed by atoms with Gasteiger partial charge in [-0.1, -0.05) is 61.9 Å². The summed E-state index contributed by atoms with van der Waals surface area (Å²) in [5.41, 5.74) is 4.62. The molecule has 7 nitrogen and oxygen atoms in total. The average molecular weight is 465 g/mol. The lowest BCUT2D eigenvalue weighted by Crippen LogP contribution is -2.47. The SMILES string of the molecule is CC(NC(=O)OCC1c2ccccc2-c2ccccc21)C(C)C(=O)NC1CCCC1CC(=O)O. The maximum atomic E-state index is 12.7. The summed E-state index contributed by atoms with van der Waals surface area (Å²) in [7, 11) is 0. The fourth-order valence-corrected chi connectivity index (χ4v) is 5.19. The Hall–Kier alpha value is -3.35. The van der Waals surface area contributed by atoms with Crippen molar-refractivity contribution in [2.24, 2.45) is 11.8 Å². The first-order valence-electron chi connectivity index (χ1n) is 12.0. The predicted molar refractivity (Wildman–Crippen MR) is 128 cm³/mol. The molecule has 0 spiro atoms. The lowest BCUT2D eigenvalue weighted by atomic mass is 9.97. The molecule has 0 radical (unpaired) electrons. The molecule has 4 rings (SSSR count). The Morgan fingerprint density at radius 1 is 1.00 bits per heavy atom. The fraction of sp³-hybridized carbons (Fsp3) is 0.444. The largest absolute Gasteiger partial charge is 0.481 e. The van der Waals surface area contributed by atoms with Crippen molar-refractivity contribution in [1.82, 2.24) is 10.6 Å². The summed E-state index contributed by atoms with van der Waals surface area (Å²) in [6, 6.07) is 15.7. The molecule has 2 aliphatic rings. The third kappa shape index (κ3) is 5.08. The van der Waals surface area contributed by atoms with Crippen LogP contribution in [0.4, 0.5) is 4.79 Å². The number of aliphatic carboxylic acids is 1. The lowest BCUT2D eigenvalue weighted by molar-refractivity contribution is -0.138. The van der Waals surface area contributed by atoms with E-state index in [2.05, 4.69) is 34.9 Å². The van der Waals surface area contributed by atoms with Gasteiger partial charge in [-0.05, 0) is 47.9 Å². The van der Waals surface area contributed by atoms with E-state index in [9.17, 15) is 14.4 Å². The second kappa shape index (κ2) is 10.3. The molecule has 0 aromatic heterocycles. The van der Waals surface area contributed by atoms with Crippen molar-refractivity contribution in [2.75, 3.05) is 6.61 Å². The molecule has 0 aliphatic heterocycles. The number of fused-ring (bicyclic) bond motifs is 3. The Labute approximate surface area is 199 Å². The Morgan fingerprint density at radius 3 is 2.24 bits per heavy atom. The summed E-state index contributed by atoms with van der Waals surface area (Å²) in [6.45, 7) is 3.74. The van der Waals surface area contributed by atoms with Crippen LogP contribution in [0.1, 0.15) is 56.6 Å². The monoisotopic (exact) mass is 464 g/mol. The number of hydrogen-bond donors (Lipinski definition) is 3. The van der Waals surface area contributed by atoms with Gasteiger partial charge in [-0.25, -0.2) is 4.79 Å². The van der Waals surface area contributed by atoms with Crippen LogP contribution in [0.5, 0.6) is 0 Å². The van der Waals surface area contributed by atoms with Crippen molar-refractivity contribution in [3.05, 3.63) is 59.7 Å². The minimum absolute atomic E-state index is 0.0253. The molecule has 4 unspecified atom stereocenters. The van der Waals surface area contributed by atoms with E-state index in [0.29, 0.717) is 0 Å². The maximum absolute atomic E-state index is 12.7. The summed E-state index contributed by atoms with van der Waals surface area (Å²) in [4.78, 5) is 36.4. The van der Waals surface area contributed by atoms with Crippen LogP contribution in [0.15, 0.2) is 48.5 Å². The van der Waals surface area contributed by atoms with Gasteiger partial charge in [0.05, 0.1) is 12.3 Å². The highest BCUT2D eigenvalue weighted by Gasteiger charge is 2.33. The highest BCUT2D eigenvalue weighted by Crippen LogP contribution is 2.44. The van der Waals surface area contributed by atoms with Crippen LogP contribution in [0.3, 0.4) is 0 Å². The van der Waals surface area contributed by atoms with Gasteiger partial charge in [0.1, 0.15) is 6.61 Å². The number of amides is 2. The number of ether oxygens (including phenoxy) is 1. The summed E-state index contributed by atoms with van der Waals surface area (Å²) in [5, 5.41) is 14.9. The van der Waals surface area contributed by atoms with E-state index >= 15 is 0 Å². The molecule has 7 heteroatoms. The Balaban J connectivity index is 1.30. The minimum Gasteiger partial charge on any atom is -0.481 e. The van der Waals surface area contributed by atoms with Gasteiger partial charge >= 0.3 is 12.1 Å². The molecular weight excluding hydrogens is 432 g/mol. The van der Waals surface area contributed by atoms with Crippen molar-refractivity contribution >= 4 is 18.0 Å². The molecule has 2 aliphatic carbocycles. The minimum atomic E-state index is -0.843. The van der Waals surface area contributed by atoms with Gasteiger partial charge in [0.2, 0.25) is 5.91 Å². The van der Waals surface area contributed by atoms with Crippen molar-refractivity contribution in [3.8, 4) is 11.1 Å². The first kappa shape index (κ1) is 23.8. The number of carbonyl (C=O) groups excluding carboxylic acids is 2. The van der Waals surface area contributed by atoms with Crippen molar-refractivity contribution in [2.45, 2.75) is 57.5 Å². The summed E-state index contributed by atoms with van der Waals surface area (Å²) < 4.78 is 5.59. The highest BCUT2D eigenvalue weighted by atomic mass is 16.5. The van der Waals surface area contributed by atoms with Gasteiger partial charge in [0.15, 0.2) is 0 Å². The molecule has 4 atom stereocenters. The molecule has 2 aromatic carbocycles. The van der Waals surface area contributed by atoms with Crippen LogP contribution >= 0.6 is 0 Å². The predicted octanol–water partition coefficient (Wildman–Crippen LogP) is 4.31. The van der Waals surface area contributed by atoms with Gasteiger partial charge in [-0.3, -0.25) is 9.59 Å². The zero-order valence-electron chi connectivity index (χ0n) is 19.6. The smallest absolute Gasteiger partial charge is 0.407 e. The number of benzene rings is 2. The molecule has 1 saturated carbocycles. The molecular formula is C27H32N2O5. The number of alkyl carbamates (subject to hydrolysis) is 1. The third-order valence-electron chi connectivity index (χ3n) is 7.28. The van der Waals surface area contributed by atoms with Crippen LogP contribution in [0.25, 0.3) is 11.1 Å². The Kier molecular flexibility index (Phi) is 7.20. The zero-order chi connectivity index (χ0) is 24.2. The van der Waals surface area contributed by atoms with E-state index in [1.807, 2.05) is 24.3 Å². The quantitative estimate of drug-likeness (QED) is 0.540. The molecule has 3 N–H and O–H groups in total. The number of carbonyl (C=O) groups is 3. The van der Waals surface area contributed by atoms with Crippen LogP contribution in [-0.4, -0.2) is 41.8 Å². The Morgan fingerprint density at radius 2 is 1.62 bits per heavy atom. The molecule has 0 bridgehead atoms. The molecule has 2 amide bonds. The van der Waals surface area contributed by atoms with E-state index in [1.165, 1.54) is 11.1 Å². The van der Waals surface area contributed by atoms with Gasteiger partial charge in [-0.2, -0.15) is 0 Å². The van der Waals surface area contributed by atoms with Gasteiger partial charge in [-0.15, -0.1) is 0 Å². The van der Waals surface area contributed by atoms with E-state index < -0.39 is 24.0 Å². The molecule has 180 valence electrons. The number of rotatable bonds is 8. The van der Waals surface area contributed by atoms with E-state index in [4.69, 9.17) is 9.84 Å². The van der Waals surface area contributed by atoms with Crippen LogP contribution < -0.4 is 10.6 Å². The number of nitrogens with one attached hydrogen (secondary N) is 2. The van der Waals surface area contributed by atoms with Crippen LogP contribution in [-0.2, 0) is 14.3 Å². The standard InChI is InChI=1S/C27H32N2O5/c1-16(26(32)29-24-13-7-8-18(24)14-25(30)31)17(2)28-27(33)34-15-23-21-11-5-3-9-19(21)20-10-4-6-12-22(20)23/h3-6,9-12,16-18,23-24H,7-8,13-15H2,1-2H3,(H,28,33)(H,29,32)(H,30,31). The van der Waals surface area contributed by atoms with Gasteiger partial charge in [0.25, 0.3) is 0 Å². The first-order valence-corrected chi connectivity index (χ1v) is 12.0. The second-order valence-electron chi connectivity index (χ2n) is 9.45. The first-order chi connectivity index (χ1) is 16.3. The number of carboxylic acid groups (broad SMARTS) is 1. The second-order valence-corrected chi connectivity index (χ2v) is 9.45. The number of hydrogen-bond acceptors (Lipinski definition) is 4. The fourth-order valence-electron chi connectivity index (χ4n) is 5.19. The average Bonchev–Trinajstić information content (AvgIpc) is 3.38. The molecule has 0 heterocycles.